The summed E-state index contributed by atoms with van der Waals surface area (Å²) < 4.78 is 13.0. The largest absolute Gasteiger partial charge is 0.326 e. The van der Waals surface area contributed by atoms with Gasteiger partial charge in [0.05, 0.1) is 5.52 Å². The fraction of sp³-hybridized carbons (Fsp3) is 0.333. The molecule has 1 fully saturated rings. The van der Waals surface area contributed by atoms with Gasteiger partial charge in [0.1, 0.15) is 5.82 Å². The molecule has 1 amide bonds. The number of halogens is 1. The molecule has 4 rings (SSSR count). The summed E-state index contributed by atoms with van der Waals surface area (Å²) in [7, 11) is 0. The highest BCUT2D eigenvalue weighted by Crippen LogP contribution is 2.39. The molecule has 1 heterocycles. The Labute approximate surface area is 165 Å². The van der Waals surface area contributed by atoms with Crippen LogP contribution in [-0.2, 0) is 4.79 Å². The van der Waals surface area contributed by atoms with Gasteiger partial charge >= 0.3 is 0 Å². The van der Waals surface area contributed by atoms with E-state index in [1.165, 1.54) is 23.1 Å². The lowest BCUT2D eigenvalue weighted by Gasteiger charge is -2.32. The fourth-order valence-corrected chi connectivity index (χ4v) is 4.27. The third-order valence-corrected chi connectivity index (χ3v) is 6.09. The van der Waals surface area contributed by atoms with Crippen LogP contribution in [-0.4, -0.2) is 10.9 Å². The molecule has 1 aromatic heterocycles. The van der Waals surface area contributed by atoms with E-state index in [0.29, 0.717) is 17.5 Å². The second-order valence-corrected chi connectivity index (χ2v) is 7.86. The van der Waals surface area contributed by atoms with Crippen LogP contribution in [0.25, 0.3) is 10.9 Å². The molecule has 1 aliphatic rings. The van der Waals surface area contributed by atoms with Crippen molar-refractivity contribution in [3.63, 3.8) is 0 Å². The second-order valence-electron chi connectivity index (χ2n) is 7.86. The van der Waals surface area contributed by atoms with Gasteiger partial charge < -0.3 is 5.32 Å². The topological polar surface area (TPSA) is 42.0 Å². The molecular formula is C24H25FN2O. The van der Waals surface area contributed by atoms with Gasteiger partial charge in [0.2, 0.25) is 5.91 Å². The first-order valence-corrected chi connectivity index (χ1v) is 10.0. The molecule has 3 aromatic rings. The van der Waals surface area contributed by atoms with Gasteiger partial charge in [-0.3, -0.25) is 9.78 Å². The van der Waals surface area contributed by atoms with Crippen molar-refractivity contribution in [2.45, 2.75) is 38.5 Å². The van der Waals surface area contributed by atoms with Gasteiger partial charge in [-0.1, -0.05) is 25.1 Å². The lowest BCUT2D eigenvalue weighted by Crippen LogP contribution is -2.29. The van der Waals surface area contributed by atoms with Crippen molar-refractivity contribution in [2.24, 2.45) is 11.8 Å². The van der Waals surface area contributed by atoms with Gasteiger partial charge in [0.15, 0.2) is 0 Å². The number of carbonyl (C=O) groups is 1. The van der Waals surface area contributed by atoms with E-state index in [1.54, 1.807) is 12.1 Å². The molecule has 0 spiro atoms. The number of nitrogens with one attached hydrogen (secondary N) is 1. The number of aromatic nitrogens is 1. The van der Waals surface area contributed by atoms with Crippen LogP contribution in [0.4, 0.5) is 10.1 Å². The van der Waals surface area contributed by atoms with Gasteiger partial charge in [0.25, 0.3) is 0 Å². The Balaban J connectivity index is 1.36. The molecule has 4 heteroatoms. The van der Waals surface area contributed by atoms with E-state index in [-0.39, 0.29) is 17.6 Å². The third kappa shape index (κ3) is 4.06. The summed E-state index contributed by atoms with van der Waals surface area (Å²) in [6.07, 6.45) is 6.25. The fourth-order valence-electron chi connectivity index (χ4n) is 4.27. The van der Waals surface area contributed by atoms with Crippen molar-refractivity contribution in [2.75, 3.05) is 5.32 Å². The van der Waals surface area contributed by atoms with Crippen LogP contribution in [0.1, 0.15) is 44.1 Å². The van der Waals surface area contributed by atoms with Crippen molar-refractivity contribution in [1.29, 1.82) is 0 Å². The van der Waals surface area contributed by atoms with Crippen molar-refractivity contribution in [3.8, 4) is 0 Å². The summed E-state index contributed by atoms with van der Waals surface area (Å²) in [4.78, 5) is 17.2. The molecule has 0 saturated heterocycles. The summed E-state index contributed by atoms with van der Waals surface area (Å²) in [6.45, 7) is 2.00. The highest BCUT2D eigenvalue weighted by Gasteiger charge is 2.29. The summed E-state index contributed by atoms with van der Waals surface area (Å²) in [5.41, 5.74) is 2.99. The van der Waals surface area contributed by atoms with Crippen LogP contribution in [0.15, 0.2) is 60.8 Å². The average molecular weight is 376 g/mol. The van der Waals surface area contributed by atoms with E-state index in [4.69, 9.17) is 0 Å². The van der Waals surface area contributed by atoms with E-state index in [9.17, 15) is 9.18 Å². The predicted molar refractivity (Wildman–Crippen MR) is 111 cm³/mol. The Morgan fingerprint density at radius 2 is 1.79 bits per heavy atom. The number of hydrogen-bond acceptors (Lipinski definition) is 2. The van der Waals surface area contributed by atoms with Gasteiger partial charge in [-0.2, -0.15) is 0 Å². The number of amides is 1. The Morgan fingerprint density at radius 1 is 1.07 bits per heavy atom. The van der Waals surface area contributed by atoms with Crippen LogP contribution in [0.3, 0.4) is 0 Å². The minimum atomic E-state index is -0.299. The summed E-state index contributed by atoms with van der Waals surface area (Å²) in [6, 6.07) is 16.4. The molecular weight excluding hydrogens is 351 g/mol. The highest BCUT2D eigenvalue weighted by atomic mass is 19.1. The first-order chi connectivity index (χ1) is 13.6. The number of anilines is 1. The smallest absolute Gasteiger partial charge is 0.227 e. The van der Waals surface area contributed by atoms with Crippen LogP contribution in [0.5, 0.6) is 0 Å². The molecule has 1 N–H and O–H groups in total. The van der Waals surface area contributed by atoms with Crippen LogP contribution >= 0.6 is 0 Å². The molecule has 1 unspecified atom stereocenters. The molecule has 0 radical (unpaired) electrons. The van der Waals surface area contributed by atoms with Gasteiger partial charge in [-0.25, -0.2) is 4.39 Å². The summed E-state index contributed by atoms with van der Waals surface area (Å²) >= 11 is 0. The maximum absolute atomic E-state index is 13.0. The van der Waals surface area contributed by atoms with Crippen LogP contribution < -0.4 is 5.32 Å². The zero-order valence-corrected chi connectivity index (χ0v) is 16.1. The minimum absolute atomic E-state index is 0.0161. The monoisotopic (exact) mass is 376 g/mol. The first kappa shape index (κ1) is 18.6. The molecule has 1 atom stereocenters. The van der Waals surface area contributed by atoms with Crippen molar-refractivity contribution >= 4 is 22.5 Å². The standard InChI is InChI=1S/C24H25FN2O/c1-16(24(28)27-22-12-10-21(25)11-13-22)17-6-8-18(9-7-17)20-14-19-4-2-3-5-23(19)26-15-20/h2-5,10-18H,6-9H2,1H3,(H,27,28)/t16?,17-,18+. The first-order valence-electron chi connectivity index (χ1n) is 10.0. The normalized spacial score (nSPS) is 20.6. The van der Waals surface area contributed by atoms with E-state index in [0.717, 1.165) is 31.2 Å². The zero-order valence-electron chi connectivity index (χ0n) is 16.1. The van der Waals surface area contributed by atoms with Crippen molar-refractivity contribution in [1.82, 2.24) is 4.98 Å². The Kier molecular flexibility index (Phi) is 5.38. The Hall–Kier alpha value is -2.75. The highest BCUT2D eigenvalue weighted by molar-refractivity contribution is 5.92. The third-order valence-electron chi connectivity index (χ3n) is 6.09. The second kappa shape index (κ2) is 8.09. The number of fused-ring (bicyclic) bond motifs is 1. The van der Waals surface area contributed by atoms with E-state index in [2.05, 4.69) is 22.4 Å². The molecule has 3 nitrogen and oxygen atoms in total. The number of nitrogens with zero attached hydrogens (tertiary/aromatic N) is 1. The molecule has 0 aliphatic heterocycles. The zero-order chi connectivity index (χ0) is 19.5. The van der Waals surface area contributed by atoms with E-state index in [1.807, 2.05) is 31.3 Å². The lowest BCUT2D eigenvalue weighted by molar-refractivity contribution is -0.121. The number of carbonyl (C=O) groups excluding carboxylic acids is 1. The average Bonchev–Trinajstić information content (AvgIpc) is 2.74. The molecule has 1 saturated carbocycles. The molecule has 0 bridgehead atoms. The van der Waals surface area contributed by atoms with Gasteiger partial charge in [-0.15, -0.1) is 0 Å². The van der Waals surface area contributed by atoms with Crippen molar-refractivity contribution < 1.29 is 9.18 Å². The maximum atomic E-state index is 13.0. The maximum Gasteiger partial charge on any atom is 0.227 e. The number of hydrogen-bond donors (Lipinski definition) is 1. The molecule has 144 valence electrons. The van der Waals surface area contributed by atoms with Crippen LogP contribution in [0.2, 0.25) is 0 Å². The summed E-state index contributed by atoms with van der Waals surface area (Å²) in [5.74, 6) is 0.557. The number of pyridine rings is 1. The number of para-hydroxylation sites is 1. The lowest BCUT2D eigenvalue weighted by atomic mass is 9.74. The van der Waals surface area contributed by atoms with Gasteiger partial charge in [-0.05, 0) is 79.5 Å². The van der Waals surface area contributed by atoms with Gasteiger partial charge in [0, 0.05) is 23.2 Å². The van der Waals surface area contributed by atoms with Crippen LogP contribution in [0, 0.1) is 17.7 Å². The van der Waals surface area contributed by atoms with E-state index >= 15 is 0 Å². The number of benzene rings is 2. The number of rotatable bonds is 4. The minimum Gasteiger partial charge on any atom is -0.326 e. The Bertz CT molecular complexity index is 962. The van der Waals surface area contributed by atoms with E-state index < -0.39 is 0 Å². The molecule has 1 aliphatic carbocycles. The predicted octanol–water partition coefficient (Wildman–Crippen LogP) is 5.92. The molecule has 2 aromatic carbocycles. The molecule has 28 heavy (non-hydrogen) atoms. The SMILES string of the molecule is CC(C(=O)Nc1ccc(F)cc1)[C@H]1CC[C@@H](c2cnc3ccccc3c2)CC1. The summed E-state index contributed by atoms with van der Waals surface area (Å²) in [5, 5.41) is 4.10. The quantitative estimate of drug-likeness (QED) is 0.614. The Morgan fingerprint density at radius 3 is 2.54 bits per heavy atom. The van der Waals surface area contributed by atoms with Crippen molar-refractivity contribution in [3.05, 3.63) is 72.2 Å².